The third-order valence-electron chi connectivity index (χ3n) is 2.96. The molecule has 0 spiro atoms. The first-order valence-corrected chi connectivity index (χ1v) is 7.33. The van der Waals surface area contributed by atoms with Gasteiger partial charge in [0.25, 0.3) is 5.91 Å². The molecule has 0 aliphatic heterocycles. The smallest absolute Gasteiger partial charge is 0.267 e. The van der Waals surface area contributed by atoms with E-state index in [-0.39, 0.29) is 11.6 Å². The molecule has 1 amide bonds. The molecule has 4 heteroatoms. The Labute approximate surface area is 126 Å². The highest BCUT2D eigenvalue weighted by Crippen LogP contribution is 2.12. The van der Waals surface area contributed by atoms with Crippen molar-refractivity contribution in [3.63, 3.8) is 0 Å². The van der Waals surface area contributed by atoms with Crippen molar-refractivity contribution in [1.29, 1.82) is 5.26 Å². The normalized spacial score (nSPS) is 11.1. The summed E-state index contributed by atoms with van der Waals surface area (Å²) in [7, 11) is 0. The summed E-state index contributed by atoms with van der Waals surface area (Å²) in [5, 5.41) is 14.7. The maximum Gasteiger partial charge on any atom is 0.267 e. The van der Waals surface area contributed by atoms with Gasteiger partial charge in [-0.15, -0.1) is 0 Å². The van der Waals surface area contributed by atoms with E-state index >= 15 is 0 Å². The first kappa shape index (κ1) is 16.8. The van der Waals surface area contributed by atoms with E-state index in [1.165, 1.54) is 11.8 Å². The van der Waals surface area contributed by atoms with Gasteiger partial charge in [-0.1, -0.05) is 25.5 Å². The number of hydrogen-bond acceptors (Lipinski definition) is 3. The molecule has 0 aromatic heterocycles. The average Bonchev–Trinajstić information content (AvgIpc) is 2.47. The minimum absolute atomic E-state index is 0.0683. The molecule has 1 aromatic rings. The summed E-state index contributed by atoms with van der Waals surface area (Å²) in [4.78, 5) is 12.0. The second-order valence-corrected chi connectivity index (χ2v) is 5.25. The van der Waals surface area contributed by atoms with E-state index in [1.807, 2.05) is 44.2 Å². The topological polar surface area (TPSA) is 64.9 Å². The molecule has 0 saturated carbocycles. The molecular weight excluding hydrogens is 262 g/mol. The van der Waals surface area contributed by atoms with Gasteiger partial charge in [0.15, 0.2) is 0 Å². The molecule has 0 unspecified atom stereocenters. The van der Waals surface area contributed by atoms with E-state index in [9.17, 15) is 4.79 Å². The molecule has 4 nitrogen and oxygen atoms in total. The van der Waals surface area contributed by atoms with E-state index < -0.39 is 5.91 Å². The quantitative estimate of drug-likeness (QED) is 0.596. The third kappa shape index (κ3) is 6.13. The Kier molecular flexibility index (Phi) is 7.03. The van der Waals surface area contributed by atoms with Crippen molar-refractivity contribution >= 4 is 11.6 Å². The largest absolute Gasteiger partial charge is 0.387 e. The molecule has 0 atom stereocenters. The first-order valence-electron chi connectivity index (χ1n) is 7.33. The van der Waals surface area contributed by atoms with Gasteiger partial charge in [0, 0.05) is 17.9 Å². The summed E-state index contributed by atoms with van der Waals surface area (Å²) < 4.78 is 0. The Morgan fingerprint density at radius 3 is 2.52 bits per heavy atom. The van der Waals surface area contributed by atoms with Crippen LogP contribution in [0.4, 0.5) is 5.69 Å². The number of unbranched alkanes of at least 4 members (excludes halogenated alkanes) is 1. The number of carbonyl (C=O) groups is 1. The molecule has 0 heterocycles. The minimum atomic E-state index is -0.396. The van der Waals surface area contributed by atoms with Crippen LogP contribution in [0.15, 0.2) is 36.0 Å². The highest BCUT2D eigenvalue weighted by atomic mass is 16.1. The molecule has 1 aromatic carbocycles. The second kappa shape index (κ2) is 8.80. The first-order chi connectivity index (χ1) is 10.1. The number of hydrogen-bond donors (Lipinski definition) is 2. The van der Waals surface area contributed by atoms with Crippen LogP contribution in [0.2, 0.25) is 0 Å². The summed E-state index contributed by atoms with van der Waals surface area (Å²) in [6.07, 6.45) is 4.83. The zero-order chi connectivity index (χ0) is 15.7. The minimum Gasteiger partial charge on any atom is -0.387 e. The second-order valence-electron chi connectivity index (χ2n) is 5.25. The standard InChI is InChI=1S/C17H23N3O/c1-4-5-6-14-7-9-16(10-8-14)20-17(21)15(11-18)12-19-13(2)3/h7-10,12-13,19H,4-6H2,1-3H3,(H,20,21)/b15-12-. The summed E-state index contributed by atoms with van der Waals surface area (Å²) in [6.45, 7) is 6.05. The lowest BCUT2D eigenvalue weighted by atomic mass is 10.1. The Morgan fingerprint density at radius 2 is 2.00 bits per heavy atom. The molecule has 112 valence electrons. The molecular formula is C17H23N3O. The van der Waals surface area contributed by atoms with Crippen LogP contribution in [0.1, 0.15) is 39.2 Å². The summed E-state index contributed by atoms with van der Waals surface area (Å²) >= 11 is 0. The van der Waals surface area contributed by atoms with Gasteiger partial charge >= 0.3 is 0 Å². The maximum absolute atomic E-state index is 12.0. The highest BCUT2D eigenvalue weighted by Gasteiger charge is 2.09. The number of amides is 1. The zero-order valence-corrected chi connectivity index (χ0v) is 12.9. The van der Waals surface area contributed by atoms with Crippen LogP contribution in [0.3, 0.4) is 0 Å². The summed E-state index contributed by atoms with van der Waals surface area (Å²) in [6, 6.07) is 9.84. The predicted octanol–water partition coefficient (Wildman–Crippen LogP) is 3.37. The van der Waals surface area contributed by atoms with Crippen LogP contribution in [0, 0.1) is 11.3 Å². The van der Waals surface area contributed by atoms with Gasteiger partial charge in [-0.2, -0.15) is 5.26 Å². The molecule has 0 radical (unpaired) electrons. The predicted molar refractivity (Wildman–Crippen MR) is 85.7 cm³/mol. The number of anilines is 1. The summed E-state index contributed by atoms with van der Waals surface area (Å²) in [5.74, 6) is -0.396. The van der Waals surface area contributed by atoms with Gasteiger partial charge in [-0.3, -0.25) is 4.79 Å². The molecule has 21 heavy (non-hydrogen) atoms. The average molecular weight is 285 g/mol. The third-order valence-corrected chi connectivity index (χ3v) is 2.96. The highest BCUT2D eigenvalue weighted by molar-refractivity contribution is 6.06. The lowest BCUT2D eigenvalue weighted by molar-refractivity contribution is -0.112. The summed E-state index contributed by atoms with van der Waals surface area (Å²) in [5.41, 5.74) is 2.03. The van der Waals surface area contributed by atoms with Crippen LogP contribution in [0.25, 0.3) is 0 Å². The Balaban J connectivity index is 2.65. The van der Waals surface area contributed by atoms with E-state index in [4.69, 9.17) is 5.26 Å². The maximum atomic E-state index is 12.0. The lowest BCUT2D eigenvalue weighted by Crippen LogP contribution is -2.20. The monoisotopic (exact) mass is 285 g/mol. The van der Waals surface area contributed by atoms with Gasteiger partial charge in [-0.25, -0.2) is 0 Å². The molecule has 2 N–H and O–H groups in total. The van der Waals surface area contributed by atoms with Gasteiger partial charge in [0.05, 0.1) is 0 Å². The number of nitrogens with one attached hydrogen (secondary N) is 2. The van der Waals surface area contributed by atoms with E-state index in [0.717, 1.165) is 19.3 Å². The fourth-order valence-electron chi connectivity index (χ4n) is 1.73. The van der Waals surface area contributed by atoms with Gasteiger partial charge in [0.1, 0.15) is 11.6 Å². The fraction of sp³-hybridized carbons (Fsp3) is 0.412. The molecule has 1 rings (SSSR count). The van der Waals surface area contributed by atoms with Crippen molar-refractivity contribution in [3.8, 4) is 6.07 Å². The molecule has 0 aliphatic carbocycles. The number of rotatable bonds is 7. The number of nitrogens with zero attached hydrogens (tertiary/aromatic N) is 1. The Hall–Kier alpha value is -2.28. The van der Waals surface area contributed by atoms with Gasteiger partial charge < -0.3 is 10.6 Å². The number of nitriles is 1. The van der Waals surface area contributed by atoms with E-state index in [0.29, 0.717) is 5.69 Å². The number of benzene rings is 1. The van der Waals surface area contributed by atoms with Crippen molar-refractivity contribution < 1.29 is 4.79 Å². The molecule has 0 saturated heterocycles. The molecule has 0 fully saturated rings. The lowest BCUT2D eigenvalue weighted by Gasteiger charge is -2.07. The van der Waals surface area contributed by atoms with E-state index in [2.05, 4.69) is 17.6 Å². The van der Waals surface area contributed by atoms with Crippen LogP contribution >= 0.6 is 0 Å². The van der Waals surface area contributed by atoms with Crippen molar-refractivity contribution in [2.45, 2.75) is 46.1 Å². The van der Waals surface area contributed by atoms with Crippen molar-refractivity contribution in [2.24, 2.45) is 0 Å². The van der Waals surface area contributed by atoms with Gasteiger partial charge in [0.2, 0.25) is 0 Å². The molecule has 0 aliphatic rings. The Morgan fingerprint density at radius 1 is 1.33 bits per heavy atom. The molecule has 0 bridgehead atoms. The fourth-order valence-corrected chi connectivity index (χ4v) is 1.73. The zero-order valence-electron chi connectivity index (χ0n) is 12.9. The number of carbonyl (C=O) groups excluding carboxylic acids is 1. The van der Waals surface area contributed by atoms with Crippen LogP contribution in [0.5, 0.6) is 0 Å². The number of aryl methyl sites for hydroxylation is 1. The van der Waals surface area contributed by atoms with Crippen molar-refractivity contribution in [2.75, 3.05) is 5.32 Å². The van der Waals surface area contributed by atoms with Gasteiger partial charge in [-0.05, 0) is 44.4 Å². The SMILES string of the molecule is CCCCc1ccc(NC(=O)/C(C#N)=C\NC(C)C)cc1. The van der Waals surface area contributed by atoms with Crippen molar-refractivity contribution in [3.05, 3.63) is 41.6 Å². The Bertz CT molecular complexity index is 524. The van der Waals surface area contributed by atoms with E-state index in [1.54, 1.807) is 0 Å². The van der Waals surface area contributed by atoms with Crippen LogP contribution < -0.4 is 10.6 Å². The van der Waals surface area contributed by atoms with Crippen molar-refractivity contribution in [1.82, 2.24) is 5.32 Å². The van der Waals surface area contributed by atoms with Crippen LogP contribution in [-0.2, 0) is 11.2 Å². The van der Waals surface area contributed by atoms with Crippen LogP contribution in [-0.4, -0.2) is 11.9 Å².